The lowest BCUT2D eigenvalue weighted by molar-refractivity contribution is -0.137. The van der Waals surface area contributed by atoms with E-state index in [1.807, 2.05) is 12.1 Å². The van der Waals surface area contributed by atoms with Crippen LogP contribution in [0.4, 0.5) is 13.2 Å². The maximum Gasteiger partial charge on any atom is 0.416 e. The molecule has 0 saturated carbocycles. The van der Waals surface area contributed by atoms with Crippen LogP contribution in [0.15, 0.2) is 66.7 Å². The molecule has 0 saturated heterocycles. The lowest BCUT2D eigenvalue weighted by Crippen LogP contribution is -2.05. The van der Waals surface area contributed by atoms with Crippen LogP contribution in [0.3, 0.4) is 0 Å². The lowest BCUT2D eigenvalue weighted by Gasteiger charge is -2.13. The molecule has 6 heteroatoms. The Morgan fingerprint density at radius 1 is 0.963 bits per heavy atom. The van der Waals surface area contributed by atoms with Crippen molar-refractivity contribution < 1.29 is 22.7 Å². The van der Waals surface area contributed by atoms with E-state index >= 15 is 0 Å². The van der Waals surface area contributed by atoms with Crippen molar-refractivity contribution in [2.45, 2.75) is 6.18 Å². The number of halogens is 3. The molecule has 27 heavy (non-hydrogen) atoms. The molecule has 0 spiro atoms. The zero-order chi connectivity index (χ0) is 19.4. The average Bonchev–Trinajstić information content (AvgIpc) is 2.68. The Hall–Kier alpha value is -3.59. The van der Waals surface area contributed by atoms with E-state index in [-0.39, 0.29) is 17.1 Å². The normalized spacial score (nSPS) is 10.9. The monoisotopic (exact) mass is 367 g/mol. The molecule has 0 fully saturated rings. The summed E-state index contributed by atoms with van der Waals surface area (Å²) in [6.07, 6.45) is -3.86. The zero-order valence-electron chi connectivity index (χ0n) is 13.8. The molecule has 0 amide bonds. The van der Waals surface area contributed by atoms with Gasteiger partial charge in [0, 0.05) is 5.56 Å². The molecule has 0 aliphatic heterocycles. The van der Waals surface area contributed by atoms with Gasteiger partial charge in [0.25, 0.3) is 0 Å². The van der Waals surface area contributed by atoms with Gasteiger partial charge in [-0.15, -0.1) is 0 Å². The van der Waals surface area contributed by atoms with Gasteiger partial charge in [-0.3, -0.25) is 4.79 Å². The van der Waals surface area contributed by atoms with Crippen LogP contribution in [0, 0.1) is 11.3 Å². The molecule has 0 unspecified atom stereocenters. The van der Waals surface area contributed by atoms with E-state index in [1.165, 1.54) is 12.1 Å². The van der Waals surface area contributed by atoms with Gasteiger partial charge in [0.1, 0.15) is 17.6 Å². The zero-order valence-corrected chi connectivity index (χ0v) is 13.8. The molecular formula is C21H12F3NO2. The topological polar surface area (TPSA) is 50.1 Å². The molecule has 0 radical (unpaired) electrons. The fourth-order valence-electron chi connectivity index (χ4n) is 2.57. The van der Waals surface area contributed by atoms with Crippen molar-refractivity contribution in [2.75, 3.05) is 0 Å². The summed E-state index contributed by atoms with van der Waals surface area (Å²) in [6.45, 7) is 0. The van der Waals surface area contributed by atoms with Crippen molar-refractivity contribution in [1.29, 1.82) is 5.26 Å². The number of rotatable bonds is 4. The van der Waals surface area contributed by atoms with Crippen molar-refractivity contribution in [1.82, 2.24) is 0 Å². The molecule has 0 bridgehead atoms. The summed E-state index contributed by atoms with van der Waals surface area (Å²) in [5, 5.41) is 9.15. The van der Waals surface area contributed by atoms with Gasteiger partial charge >= 0.3 is 6.18 Å². The van der Waals surface area contributed by atoms with Crippen LogP contribution in [0.1, 0.15) is 21.5 Å². The minimum Gasteiger partial charge on any atom is -0.456 e. The highest BCUT2D eigenvalue weighted by Crippen LogP contribution is 2.36. The van der Waals surface area contributed by atoms with Gasteiger partial charge < -0.3 is 4.74 Å². The van der Waals surface area contributed by atoms with Crippen LogP contribution in [0.25, 0.3) is 11.1 Å². The van der Waals surface area contributed by atoms with Gasteiger partial charge in [-0.25, -0.2) is 0 Å². The molecule has 3 aromatic carbocycles. The van der Waals surface area contributed by atoms with Crippen LogP contribution in [0.2, 0.25) is 0 Å². The first-order valence-corrected chi connectivity index (χ1v) is 7.86. The highest BCUT2D eigenvalue weighted by atomic mass is 19.4. The number of benzene rings is 3. The van der Waals surface area contributed by atoms with E-state index in [1.54, 1.807) is 30.3 Å². The standard InChI is InChI=1S/C21H12F3NO2/c22-21(23,24)17-8-6-15(12-25)20(10-17)27-18-9-7-16(13-26)19(11-18)14-4-2-1-3-5-14/h1-11,13H. The Morgan fingerprint density at radius 3 is 2.33 bits per heavy atom. The number of ether oxygens (including phenoxy) is 1. The van der Waals surface area contributed by atoms with Gasteiger partial charge in [-0.1, -0.05) is 30.3 Å². The third kappa shape index (κ3) is 3.98. The molecule has 3 aromatic rings. The van der Waals surface area contributed by atoms with Gasteiger partial charge in [0.2, 0.25) is 0 Å². The molecule has 0 atom stereocenters. The van der Waals surface area contributed by atoms with Gasteiger partial charge in [0.15, 0.2) is 6.29 Å². The van der Waals surface area contributed by atoms with E-state index in [0.717, 1.165) is 23.8 Å². The van der Waals surface area contributed by atoms with E-state index in [9.17, 15) is 18.0 Å². The van der Waals surface area contributed by atoms with Crippen molar-refractivity contribution >= 4 is 6.29 Å². The average molecular weight is 367 g/mol. The summed E-state index contributed by atoms with van der Waals surface area (Å²) >= 11 is 0. The van der Waals surface area contributed by atoms with Crippen molar-refractivity contribution in [3.05, 3.63) is 83.4 Å². The van der Waals surface area contributed by atoms with Gasteiger partial charge in [0.05, 0.1) is 11.1 Å². The molecule has 0 aromatic heterocycles. The second kappa shape index (κ2) is 7.34. The van der Waals surface area contributed by atoms with Crippen molar-refractivity contribution in [2.24, 2.45) is 0 Å². The predicted octanol–water partition coefficient (Wildman–Crippen LogP) is 5.85. The molecule has 3 nitrogen and oxygen atoms in total. The number of aldehydes is 1. The minimum atomic E-state index is -4.55. The number of nitrogens with zero attached hydrogens (tertiary/aromatic N) is 1. The number of alkyl halides is 3. The smallest absolute Gasteiger partial charge is 0.416 e. The minimum absolute atomic E-state index is 0.0243. The maximum atomic E-state index is 12.9. The molecule has 0 aliphatic carbocycles. The van der Waals surface area contributed by atoms with Gasteiger partial charge in [-0.2, -0.15) is 18.4 Å². The molecular weight excluding hydrogens is 355 g/mol. The summed E-state index contributed by atoms with van der Waals surface area (Å²) in [5.74, 6) is 0.0143. The second-order valence-corrected chi connectivity index (χ2v) is 5.66. The summed E-state index contributed by atoms with van der Waals surface area (Å²) in [4.78, 5) is 11.3. The lowest BCUT2D eigenvalue weighted by atomic mass is 10.00. The van der Waals surface area contributed by atoms with Crippen LogP contribution < -0.4 is 4.74 Å². The van der Waals surface area contributed by atoms with E-state index in [2.05, 4.69) is 0 Å². The summed E-state index contributed by atoms with van der Waals surface area (Å²) in [5.41, 5.74) is 0.814. The third-order valence-electron chi connectivity index (χ3n) is 3.89. The Kier molecular flexibility index (Phi) is 4.95. The first-order valence-electron chi connectivity index (χ1n) is 7.86. The van der Waals surface area contributed by atoms with Crippen LogP contribution in [0.5, 0.6) is 11.5 Å². The summed E-state index contributed by atoms with van der Waals surface area (Å²) < 4.78 is 44.4. The Bertz CT molecular complexity index is 1020. The molecule has 0 heterocycles. The molecule has 0 aliphatic rings. The number of hydrogen-bond acceptors (Lipinski definition) is 3. The fraction of sp³-hybridized carbons (Fsp3) is 0.0476. The maximum absolute atomic E-state index is 12.9. The Balaban J connectivity index is 2.04. The first kappa shape index (κ1) is 18.2. The second-order valence-electron chi connectivity index (χ2n) is 5.66. The van der Waals surface area contributed by atoms with Crippen molar-refractivity contribution in [3.63, 3.8) is 0 Å². The number of carbonyl (C=O) groups is 1. The molecule has 3 rings (SSSR count). The van der Waals surface area contributed by atoms with Crippen LogP contribution in [-0.4, -0.2) is 6.29 Å². The van der Waals surface area contributed by atoms with E-state index < -0.39 is 11.7 Å². The van der Waals surface area contributed by atoms with Crippen LogP contribution in [-0.2, 0) is 6.18 Å². The van der Waals surface area contributed by atoms with E-state index in [0.29, 0.717) is 17.4 Å². The SMILES string of the molecule is N#Cc1ccc(C(F)(F)F)cc1Oc1ccc(C=O)c(-c2ccccc2)c1. The van der Waals surface area contributed by atoms with E-state index in [4.69, 9.17) is 10.00 Å². The largest absolute Gasteiger partial charge is 0.456 e. The number of carbonyl (C=O) groups excluding carboxylic acids is 1. The summed E-state index contributed by atoms with van der Waals surface area (Å²) in [7, 11) is 0. The summed E-state index contributed by atoms with van der Waals surface area (Å²) in [6, 6.07) is 18.1. The molecule has 0 N–H and O–H groups in total. The molecule has 134 valence electrons. The number of nitriles is 1. The Labute approximate surface area is 153 Å². The highest BCUT2D eigenvalue weighted by molar-refractivity contribution is 5.88. The highest BCUT2D eigenvalue weighted by Gasteiger charge is 2.31. The Morgan fingerprint density at radius 2 is 1.70 bits per heavy atom. The predicted molar refractivity (Wildman–Crippen MR) is 93.5 cm³/mol. The van der Waals surface area contributed by atoms with Gasteiger partial charge in [-0.05, 0) is 47.5 Å². The van der Waals surface area contributed by atoms with Crippen molar-refractivity contribution in [3.8, 4) is 28.7 Å². The number of hydrogen-bond donors (Lipinski definition) is 0. The first-order chi connectivity index (χ1) is 12.9. The fourth-order valence-corrected chi connectivity index (χ4v) is 2.57. The third-order valence-corrected chi connectivity index (χ3v) is 3.89. The quantitative estimate of drug-likeness (QED) is 0.544. The van der Waals surface area contributed by atoms with Crippen LogP contribution >= 0.6 is 0 Å².